The first-order valence-corrected chi connectivity index (χ1v) is 10.9. The van der Waals surface area contributed by atoms with Crippen LogP contribution >= 0.6 is 0 Å². The van der Waals surface area contributed by atoms with Crippen LogP contribution in [0.5, 0.6) is 5.75 Å². The van der Waals surface area contributed by atoms with Crippen molar-refractivity contribution in [1.29, 1.82) is 0 Å². The minimum Gasteiger partial charge on any atom is -0.491 e. The number of para-hydroxylation sites is 2. The number of benzene rings is 2. The monoisotopic (exact) mass is 407 g/mol. The highest BCUT2D eigenvalue weighted by Gasteiger charge is 2.15. The van der Waals surface area contributed by atoms with E-state index in [1.54, 1.807) is 0 Å². The van der Waals surface area contributed by atoms with Gasteiger partial charge in [-0.2, -0.15) is 0 Å². The minimum atomic E-state index is 0.0924. The highest BCUT2D eigenvalue weighted by Crippen LogP contribution is 2.20. The van der Waals surface area contributed by atoms with Gasteiger partial charge in [-0.05, 0) is 56.0 Å². The van der Waals surface area contributed by atoms with E-state index in [1.807, 2.05) is 18.2 Å². The lowest BCUT2D eigenvalue weighted by Gasteiger charge is -2.14. The fraction of sp³-hybridized carbons (Fsp3) is 0.440. The van der Waals surface area contributed by atoms with Crippen molar-refractivity contribution < 1.29 is 9.53 Å². The molecule has 0 fully saturated rings. The van der Waals surface area contributed by atoms with E-state index in [1.165, 1.54) is 5.56 Å². The molecule has 0 saturated carbocycles. The van der Waals surface area contributed by atoms with Crippen LogP contribution in [0.15, 0.2) is 42.5 Å². The molecule has 2 aromatic carbocycles. The molecule has 0 saturated heterocycles. The summed E-state index contributed by atoms with van der Waals surface area (Å²) in [5.74, 6) is 2.14. The maximum Gasteiger partial charge on any atom is 0.223 e. The van der Waals surface area contributed by atoms with E-state index in [4.69, 9.17) is 9.72 Å². The molecule has 3 rings (SSSR count). The van der Waals surface area contributed by atoms with Crippen LogP contribution in [0.25, 0.3) is 11.0 Å². The topological polar surface area (TPSA) is 56.2 Å². The number of carbonyl (C=O) groups is 1. The van der Waals surface area contributed by atoms with E-state index < -0.39 is 0 Å². The number of aryl methyl sites for hydroxylation is 2. The first kappa shape index (κ1) is 21.9. The Morgan fingerprint density at radius 3 is 2.67 bits per heavy atom. The molecule has 0 aliphatic carbocycles. The summed E-state index contributed by atoms with van der Waals surface area (Å²) in [6, 6.07) is 14.4. The Balaban J connectivity index is 1.68. The Kier molecular flexibility index (Phi) is 7.50. The van der Waals surface area contributed by atoms with Gasteiger partial charge in [-0.1, -0.05) is 38.1 Å². The number of nitrogens with zero attached hydrogens (tertiary/aromatic N) is 2. The molecule has 1 N–H and O–H groups in total. The molecule has 0 aliphatic rings. The van der Waals surface area contributed by atoms with Crippen LogP contribution in [0, 0.1) is 19.8 Å². The van der Waals surface area contributed by atoms with Crippen LogP contribution < -0.4 is 10.1 Å². The van der Waals surface area contributed by atoms with Crippen LogP contribution in [0.3, 0.4) is 0 Å². The summed E-state index contributed by atoms with van der Waals surface area (Å²) in [7, 11) is 0. The second-order valence-electron chi connectivity index (χ2n) is 7.84. The maximum atomic E-state index is 12.3. The third kappa shape index (κ3) is 5.21. The Bertz CT molecular complexity index is 989. The smallest absolute Gasteiger partial charge is 0.223 e. The number of hydrogen-bond donors (Lipinski definition) is 1. The lowest BCUT2D eigenvalue weighted by Crippen LogP contribution is -2.32. The largest absolute Gasteiger partial charge is 0.491 e. The first-order valence-electron chi connectivity index (χ1n) is 10.9. The van der Waals surface area contributed by atoms with Crippen LogP contribution in [0.2, 0.25) is 0 Å². The predicted molar refractivity (Wildman–Crippen MR) is 122 cm³/mol. The van der Waals surface area contributed by atoms with Gasteiger partial charge in [0.05, 0.1) is 17.6 Å². The van der Waals surface area contributed by atoms with Gasteiger partial charge in [-0.15, -0.1) is 0 Å². The number of nitrogens with one attached hydrogen (secondary N) is 1. The molecule has 1 amide bonds. The molecule has 3 aromatic rings. The van der Waals surface area contributed by atoms with E-state index in [0.717, 1.165) is 41.0 Å². The molecule has 160 valence electrons. The molecule has 5 heteroatoms. The van der Waals surface area contributed by atoms with Gasteiger partial charge in [0.1, 0.15) is 18.2 Å². The zero-order valence-corrected chi connectivity index (χ0v) is 18.6. The third-order valence-corrected chi connectivity index (χ3v) is 5.65. The molecular formula is C25H33N3O2. The highest BCUT2D eigenvalue weighted by molar-refractivity contribution is 5.78. The first-order chi connectivity index (χ1) is 14.5. The van der Waals surface area contributed by atoms with E-state index in [9.17, 15) is 4.79 Å². The van der Waals surface area contributed by atoms with Crippen molar-refractivity contribution in [2.75, 3.05) is 13.2 Å². The summed E-state index contributed by atoms with van der Waals surface area (Å²) < 4.78 is 8.29. The quantitative estimate of drug-likeness (QED) is 0.524. The molecule has 1 heterocycles. The lowest BCUT2D eigenvalue weighted by molar-refractivity contribution is -0.125. The van der Waals surface area contributed by atoms with Gasteiger partial charge >= 0.3 is 0 Å². The molecular weight excluding hydrogens is 374 g/mol. The van der Waals surface area contributed by atoms with Crippen LogP contribution in [0.1, 0.15) is 43.6 Å². The summed E-state index contributed by atoms with van der Waals surface area (Å²) in [5.41, 5.74) is 4.41. The van der Waals surface area contributed by atoms with Crippen LogP contribution in [-0.4, -0.2) is 28.6 Å². The molecule has 0 unspecified atom stereocenters. The second-order valence-corrected chi connectivity index (χ2v) is 7.84. The number of aromatic nitrogens is 2. The number of imidazole rings is 1. The minimum absolute atomic E-state index is 0.0924. The SMILES string of the molecule is CCC(CC)C(=O)NCCc1nc2ccccc2n1CCOc1cc(C)ccc1C. The maximum absolute atomic E-state index is 12.3. The summed E-state index contributed by atoms with van der Waals surface area (Å²) in [6.45, 7) is 10.1. The summed E-state index contributed by atoms with van der Waals surface area (Å²) in [4.78, 5) is 17.1. The molecule has 5 nitrogen and oxygen atoms in total. The van der Waals surface area contributed by atoms with Crippen molar-refractivity contribution in [3.63, 3.8) is 0 Å². The van der Waals surface area contributed by atoms with Gasteiger partial charge in [-0.3, -0.25) is 4.79 Å². The molecule has 0 bridgehead atoms. The summed E-state index contributed by atoms with van der Waals surface area (Å²) >= 11 is 0. The fourth-order valence-corrected chi connectivity index (χ4v) is 3.78. The Morgan fingerprint density at radius 1 is 1.13 bits per heavy atom. The van der Waals surface area contributed by atoms with Gasteiger partial charge in [0.2, 0.25) is 5.91 Å². The molecule has 0 radical (unpaired) electrons. The van der Waals surface area contributed by atoms with Gasteiger partial charge in [0.25, 0.3) is 0 Å². The van der Waals surface area contributed by atoms with Gasteiger partial charge in [-0.25, -0.2) is 4.98 Å². The zero-order chi connectivity index (χ0) is 21.5. The highest BCUT2D eigenvalue weighted by atomic mass is 16.5. The molecule has 30 heavy (non-hydrogen) atoms. The van der Waals surface area contributed by atoms with E-state index in [0.29, 0.717) is 26.1 Å². The Labute approximate surface area is 179 Å². The predicted octanol–water partition coefficient (Wildman–Crippen LogP) is 4.83. The average molecular weight is 408 g/mol. The van der Waals surface area contributed by atoms with Crippen molar-refractivity contribution in [3.8, 4) is 5.75 Å². The normalized spacial score (nSPS) is 11.2. The Hall–Kier alpha value is -2.82. The number of carbonyl (C=O) groups excluding carboxylic acids is 1. The number of amides is 1. The molecule has 0 atom stereocenters. The number of ether oxygens (including phenoxy) is 1. The van der Waals surface area contributed by atoms with Crippen molar-refractivity contribution in [2.45, 2.75) is 53.5 Å². The standard InChI is InChI=1S/C25H33N3O2/c1-5-20(6-2)25(29)26-14-13-24-27-21-9-7-8-10-22(21)28(24)15-16-30-23-17-18(3)11-12-19(23)4/h7-12,17,20H,5-6,13-16H2,1-4H3,(H,26,29). The van der Waals surface area contributed by atoms with Crippen molar-refractivity contribution in [1.82, 2.24) is 14.9 Å². The van der Waals surface area contributed by atoms with Crippen LogP contribution in [-0.2, 0) is 17.8 Å². The van der Waals surface area contributed by atoms with E-state index >= 15 is 0 Å². The summed E-state index contributed by atoms with van der Waals surface area (Å²) in [5, 5.41) is 3.08. The summed E-state index contributed by atoms with van der Waals surface area (Å²) in [6.07, 6.45) is 2.44. The van der Waals surface area contributed by atoms with Gasteiger partial charge in [0.15, 0.2) is 0 Å². The molecule has 1 aromatic heterocycles. The lowest BCUT2D eigenvalue weighted by atomic mass is 10.0. The second kappa shape index (κ2) is 10.3. The van der Waals surface area contributed by atoms with Crippen molar-refractivity contribution in [3.05, 3.63) is 59.4 Å². The number of rotatable bonds is 10. The molecule has 0 spiro atoms. The zero-order valence-electron chi connectivity index (χ0n) is 18.6. The molecule has 0 aliphatic heterocycles. The fourth-order valence-electron chi connectivity index (χ4n) is 3.78. The van der Waals surface area contributed by atoms with Crippen molar-refractivity contribution >= 4 is 16.9 Å². The third-order valence-electron chi connectivity index (χ3n) is 5.65. The number of hydrogen-bond acceptors (Lipinski definition) is 3. The average Bonchev–Trinajstić information content (AvgIpc) is 3.09. The number of fused-ring (bicyclic) bond motifs is 1. The van der Waals surface area contributed by atoms with Gasteiger partial charge in [0, 0.05) is 18.9 Å². The van der Waals surface area contributed by atoms with Crippen molar-refractivity contribution in [2.24, 2.45) is 5.92 Å². The Morgan fingerprint density at radius 2 is 1.90 bits per heavy atom. The van der Waals surface area contributed by atoms with Gasteiger partial charge < -0.3 is 14.6 Å². The van der Waals surface area contributed by atoms with Crippen LogP contribution in [0.4, 0.5) is 0 Å². The van der Waals surface area contributed by atoms with E-state index in [2.05, 4.69) is 61.8 Å². The van der Waals surface area contributed by atoms with E-state index in [-0.39, 0.29) is 11.8 Å².